The fourth-order valence-electron chi connectivity index (χ4n) is 1.62. The molecule has 15 heavy (non-hydrogen) atoms. The largest absolute Gasteiger partial charge is 0.379 e. The maximum absolute atomic E-state index is 11.5. The molecule has 0 unspecified atom stereocenters. The fraction of sp³-hybridized carbons (Fsp3) is 0.273. The third-order valence-corrected chi connectivity index (χ3v) is 2.56. The van der Waals surface area contributed by atoms with E-state index in [1.54, 1.807) is 16.8 Å². The Morgan fingerprint density at radius 3 is 3.07 bits per heavy atom. The normalized spacial score (nSPS) is 15.5. The standard InChI is InChI=1S/C11H11N3O/c15-10-5-6-12-11-9(13-8-3-4-8)2-1-7-14(10)11/h1-2,5-8,13H,3-4H2. The van der Waals surface area contributed by atoms with Crippen molar-refractivity contribution < 1.29 is 0 Å². The highest BCUT2D eigenvalue weighted by atomic mass is 16.1. The third kappa shape index (κ3) is 1.48. The van der Waals surface area contributed by atoms with E-state index in [2.05, 4.69) is 10.3 Å². The Kier molecular flexibility index (Phi) is 1.74. The predicted octanol–water partition coefficient (Wildman–Crippen LogP) is 1.27. The van der Waals surface area contributed by atoms with Crippen molar-refractivity contribution in [3.8, 4) is 0 Å². The maximum atomic E-state index is 11.5. The molecule has 4 heteroatoms. The van der Waals surface area contributed by atoms with Crippen molar-refractivity contribution in [1.29, 1.82) is 0 Å². The van der Waals surface area contributed by atoms with Crippen molar-refractivity contribution in [3.63, 3.8) is 0 Å². The lowest BCUT2D eigenvalue weighted by atomic mass is 10.3. The SMILES string of the molecule is O=c1ccnc2c(NC3CC3)cccn12. The van der Waals surface area contributed by atoms with Gasteiger partial charge in [-0.05, 0) is 25.0 Å². The van der Waals surface area contributed by atoms with E-state index in [9.17, 15) is 4.79 Å². The van der Waals surface area contributed by atoms with Crippen LogP contribution in [0.1, 0.15) is 12.8 Å². The molecule has 4 nitrogen and oxygen atoms in total. The number of aromatic nitrogens is 2. The van der Waals surface area contributed by atoms with Crippen LogP contribution in [0.2, 0.25) is 0 Å². The minimum atomic E-state index is -0.0422. The van der Waals surface area contributed by atoms with Crippen LogP contribution in [0.3, 0.4) is 0 Å². The van der Waals surface area contributed by atoms with Crippen LogP contribution >= 0.6 is 0 Å². The molecule has 1 N–H and O–H groups in total. The Morgan fingerprint density at radius 1 is 1.40 bits per heavy atom. The molecule has 76 valence electrons. The second-order valence-electron chi connectivity index (χ2n) is 3.82. The van der Waals surface area contributed by atoms with Gasteiger partial charge in [-0.1, -0.05) is 0 Å². The van der Waals surface area contributed by atoms with Gasteiger partial charge in [-0.3, -0.25) is 9.20 Å². The number of fused-ring (bicyclic) bond motifs is 1. The zero-order valence-electron chi connectivity index (χ0n) is 8.18. The molecule has 2 aromatic rings. The third-order valence-electron chi connectivity index (χ3n) is 2.56. The van der Waals surface area contributed by atoms with Gasteiger partial charge in [0.05, 0.1) is 5.69 Å². The zero-order chi connectivity index (χ0) is 10.3. The van der Waals surface area contributed by atoms with Gasteiger partial charge in [0.1, 0.15) is 0 Å². The Morgan fingerprint density at radius 2 is 2.27 bits per heavy atom. The summed E-state index contributed by atoms with van der Waals surface area (Å²) in [5, 5.41) is 3.36. The summed E-state index contributed by atoms with van der Waals surface area (Å²) in [5.74, 6) is 0. The summed E-state index contributed by atoms with van der Waals surface area (Å²) >= 11 is 0. The van der Waals surface area contributed by atoms with Crippen molar-refractivity contribution in [1.82, 2.24) is 9.38 Å². The van der Waals surface area contributed by atoms with Crippen molar-refractivity contribution in [3.05, 3.63) is 40.9 Å². The Labute approximate surface area is 86.6 Å². The molecule has 3 rings (SSSR count). The molecule has 1 aliphatic rings. The van der Waals surface area contributed by atoms with E-state index in [-0.39, 0.29) is 5.56 Å². The Balaban J connectivity index is 2.20. The van der Waals surface area contributed by atoms with Gasteiger partial charge >= 0.3 is 0 Å². The smallest absolute Gasteiger partial charge is 0.257 e. The Bertz CT molecular complexity index is 557. The second-order valence-corrected chi connectivity index (χ2v) is 3.82. The molecular weight excluding hydrogens is 190 g/mol. The first-order valence-electron chi connectivity index (χ1n) is 5.07. The molecule has 2 heterocycles. The molecule has 0 spiro atoms. The molecule has 0 aromatic carbocycles. The number of nitrogens with one attached hydrogen (secondary N) is 1. The number of nitrogens with zero attached hydrogens (tertiary/aromatic N) is 2. The number of anilines is 1. The summed E-state index contributed by atoms with van der Waals surface area (Å²) in [4.78, 5) is 15.8. The van der Waals surface area contributed by atoms with Crippen LogP contribution in [0.5, 0.6) is 0 Å². The van der Waals surface area contributed by atoms with Crippen LogP contribution < -0.4 is 10.9 Å². The van der Waals surface area contributed by atoms with Gasteiger partial charge < -0.3 is 5.32 Å². The van der Waals surface area contributed by atoms with Crippen molar-refractivity contribution in [2.24, 2.45) is 0 Å². The van der Waals surface area contributed by atoms with E-state index in [1.807, 2.05) is 12.1 Å². The van der Waals surface area contributed by atoms with Crippen molar-refractivity contribution in [2.75, 3.05) is 5.32 Å². The zero-order valence-corrected chi connectivity index (χ0v) is 8.18. The fourth-order valence-corrected chi connectivity index (χ4v) is 1.62. The molecule has 1 aliphatic carbocycles. The first kappa shape index (κ1) is 8.47. The van der Waals surface area contributed by atoms with Crippen molar-refractivity contribution >= 4 is 11.3 Å². The van der Waals surface area contributed by atoms with Crippen LogP contribution in [-0.2, 0) is 0 Å². The van der Waals surface area contributed by atoms with E-state index >= 15 is 0 Å². The summed E-state index contributed by atoms with van der Waals surface area (Å²) in [5.41, 5.74) is 1.61. The molecule has 0 atom stereocenters. The number of rotatable bonds is 2. The number of hydrogen-bond donors (Lipinski definition) is 1. The van der Waals surface area contributed by atoms with Crippen molar-refractivity contribution in [2.45, 2.75) is 18.9 Å². The van der Waals surface area contributed by atoms with Gasteiger partial charge in [-0.15, -0.1) is 0 Å². The highest BCUT2D eigenvalue weighted by molar-refractivity contribution is 5.67. The van der Waals surface area contributed by atoms with E-state index in [4.69, 9.17) is 0 Å². The van der Waals surface area contributed by atoms with Crippen LogP contribution in [-0.4, -0.2) is 15.4 Å². The summed E-state index contributed by atoms with van der Waals surface area (Å²) in [7, 11) is 0. The minimum Gasteiger partial charge on any atom is -0.379 e. The van der Waals surface area contributed by atoms with Crippen LogP contribution in [0.4, 0.5) is 5.69 Å². The highest BCUT2D eigenvalue weighted by Crippen LogP contribution is 2.25. The maximum Gasteiger partial charge on any atom is 0.257 e. The summed E-state index contributed by atoms with van der Waals surface area (Å²) in [6.07, 6.45) is 5.70. The average molecular weight is 201 g/mol. The molecule has 2 aromatic heterocycles. The second kappa shape index (κ2) is 3.08. The monoisotopic (exact) mass is 201 g/mol. The topological polar surface area (TPSA) is 46.4 Å². The van der Waals surface area contributed by atoms with Gasteiger partial charge in [0.2, 0.25) is 0 Å². The molecule has 0 saturated heterocycles. The molecule has 1 saturated carbocycles. The average Bonchev–Trinajstić information content (AvgIpc) is 3.04. The lowest BCUT2D eigenvalue weighted by Crippen LogP contribution is -2.14. The lowest BCUT2D eigenvalue weighted by molar-refractivity contribution is 1.03. The summed E-state index contributed by atoms with van der Waals surface area (Å²) < 4.78 is 1.56. The van der Waals surface area contributed by atoms with Crippen LogP contribution in [0.15, 0.2) is 35.4 Å². The molecule has 0 aliphatic heterocycles. The van der Waals surface area contributed by atoms with E-state index in [1.165, 1.54) is 18.9 Å². The van der Waals surface area contributed by atoms with E-state index < -0.39 is 0 Å². The quantitative estimate of drug-likeness (QED) is 0.795. The van der Waals surface area contributed by atoms with Gasteiger partial charge in [0.25, 0.3) is 5.56 Å². The Hall–Kier alpha value is -1.84. The first-order valence-corrected chi connectivity index (χ1v) is 5.07. The highest BCUT2D eigenvalue weighted by Gasteiger charge is 2.21. The molecule has 0 radical (unpaired) electrons. The van der Waals surface area contributed by atoms with Crippen LogP contribution in [0, 0.1) is 0 Å². The van der Waals surface area contributed by atoms with E-state index in [0.29, 0.717) is 11.7 Å². The van der Waals surface area contributed by atoms with E-state index in [0.717, 1.165) is 5.69 Å². The van der Waals surface area contributed by atoms with Crippen LogP contribution in [0.25, 0.3) is 5.65 Å². The molecule has 1 fully saturated rings. The van der Waals surface area contributed by atoms with Gasteiger partial charge in [0, 0.05) is 24.5 Å². The predicted molar refractivity (Wildman–Crippen MR) is 58.1 cm³/mol. The molecule has 0 bridgehead atoms. The first-order chi connectivity index (χ1) is 7.34. The lowest BCUT2D eigenvalue weighted by Gasteiger charge is -2.07. The van der Waals surface area contributed by atoms with Gasteiger partial charge in [0.15, 0.2) is 5.65 Å². The van der Waals surface area contributed by atoms with Gasteiger partial charge in [-0.2, -0.15) is 0 Å². The van der Waals surface area contributed by atoms with Gasteiger partial charge in [-0.25, -0.2) is 4.98 Å². The minimum absolute atomic E-state index is 0.0422. The summed E-state index contributed by atoms with van der Waals surface area (Å²) in [6.45, 7) is 0. The number of pyridine rings is 1. The molecule has 0 amide bonds. The number of hydrogen-bond acceptors (Lipinski definition) is 3. The summed E-state index contributed by atoms with van der Waals surface area (Å²) in [6, 6.07) is 5.85. The molecular formula is C11H11N3O.